The third kappa shape index (κ3) is 5.88. The van der Waals surface area contributed by atoms with E-state index < -0.39 is 108 Å². The fourth-order valence-electron chi connectivity index (χ4n) is 4.90. The lowest BCUT2D eigenvalue weighted by atomic mass is 9.63. The van der Waals surface area contributed by atoms with Gasteiger partial charge in [-0.15, -0.1) is 0 Å². The first-order valence-electron chi connectivity index (χ1n) is 13.1. The molecule has 0 bridgehead atoms. The van der Waals surface area contributed by atoms with Crippen molar-refractivity contribution < 1.29 is 113 Å². The molecule has 5 atom stereocenters. The van der Waals surface area contributed by atoms with Crippen LogP contribution in [0.2, 0.25) is 0 Å². The molecule has 50 heavy (non-hydrogen) atoms. The largest absolute Gasteiger partial charge is 0.466 e. The van der Waals surface area contributed by atoms with Crippen LogP contribution in [-0.2, 0) is 23.8 Å². The standard InChI is InChI=1S/C25H20F18O7/c1-3-48-14(44)12-11(10-8-6-5-7-9-10)13(15(45)49-4-2)17(47,19(28,29)21(32,33)23(36,37)25(41,42)43)50-16(12,46)18(26,27)20(30,31)22(34,35)24(38,39)40/h5-9,11-13,46-47H,3-4H2,1-2H3/t11?,12-,13+,16-,17+. The molecular formula is C25H20F18O7. The maximum absolute atomic E-state index is 15.7. The van der Waals surface area contributed by atoms with E-state index in [1.165, 1.54) is 0 Å². The minimum atomic E-state index is -8.30. The third-order valence-corrected chi connectivity index (χ3v) is 7.33. The lowest BCUT2D eigenvalue weighted by Crippen LogP contribution is -2.82. The lowest BCUT2D eigenvalue weighted by molar-refractivity contribution is -0.529. The predicted molar refractivity (Wildman–Crippen MR) is 122 cm³/mol. The van der Waals surface area contributed by atoms with E-state index in [9.17, 15) is 81.3 Å². The first kappa shape index (κ1) is 42.9. The molecule has 1 aromatic rings. The smallest absolute Gasteiger partial charge is 0.460 e. The van der Waals surface area contributed by atoms with Crippen LogP contribution in [0.15, 0.2) is 30.3 Å². The Morgan fingerprint density at radius 1 is 0.600 bits per heavy atom. The summed E-state index contributed by atoms with van der Waals surface area (Å²) in [6, 6.07) is 2.76. The van der Waals surface area contributed by atoms with Crippen molar-refractivity contribution in [3.8, 4) is 0 Å². The number of rotatable bonds is 11. The zero-order chi connectivity index (χ0) is 39.5. The van der Waals surface area contributed by atoms with Crippen LogP contribution >= 0.6 is 0 Å². The molecule has 25 heteroatoms. The maximum atomic E-state index is 15.7. The second-order valence-electron chi connectivity index (χ2n) is 10.3. The molecule has 1 aromatic carbocycles. The monoisotopic (exact) mass is 774 g/mol. The summed E-state index contributed by atoms with van der Waals surface area (Å²) in [7, 11) is 0. The van der Waals surface area contributed by atoms with E-state index in [0.717, 1.165) is 6.07 Å². The van der Waals surface area contributed by atoms with Gasteiger partial charge in [0.25, 0.3) is 11.6 Å². The van der Waals surface area contributed by atoms with Gasteiger partial charge in [-0.1, -0.05) is 30.3 Å². The Bertz CT molecular complexity index is 1310. The number of ether oxygens (including phenoxy) is 3. The molecular weight excluding hydrogens is 754 g/mol. The number of halogens is 18. The van der Waals surface area contributed by atoms with Crippen molar-refractivity contribution in [1.29, 1.82) is 0 Å². The first-order chi connectivity index (χ1) is 22.2. The summed E-state index contributed by atoms with van der Waals surface area (Å²) >= 11 is 0. The van der Waals surface area contributed by atoms with Gasteiger partial charge in [-0.25, -0.2) is 0 Å². The minimum absolute atomic E-state index is 0.316. The second-order valence-corrected chi connectivity index (χ2v) is 10.3. The summed E-state index contributed by atoms with van der Waals surface area (Å²) in [5.41, 5.74) is -1.38. The van der Waals surface area contributed by atoms with E-state index in [1.54, 1.807) is 0 Å². The predicted octanol–water partition coefficient (Wildman–Crippen LogP) is 6.47. The van der Waals surface area contributed by atoms with Crippen molar-refractivity contribution in [3.63, 3.8) is 0 Å². The Kier molecular flexibility index (Phi) is 11.0. The fraction of sp³-hybridized carbons (Fsp3) is 0.680. The van der Waals surface area contributed by atoms with Gasteiger partial charge in [0.15, 0.2) is 0 Å². The third-order valence-electron chi connectivity index (χ3n) is 7.33. The SMILES string of the molecule is CCOC(=O)[C@@H]1C(c2ccccc2)[C@H](C(=O)OCC)[C@](O)(C(F)(F)C(F)(F)C(F)(F)C(F)(F)F)O[C@]1(O)C(F)(F)C(F)(F)C(F)(F)C(F)(F)F. The maximum Gasteiger partial charge on any atom is 0.460 e. The summed E-state index contributed by atoms with van der Waals surface area (Å²) in [6.07, 6.45) is -15.6. The Balaban J connectivity index is 3.35. The number of esters is 2. The Morgan fingerprint density at radius 2 is 0.900 bits per heavy atom. The van der Waals surface area contributed by atoms with Crippen molar-refractivity contribution in [2.75, 3.05) is 13.2 Å². The number of alkyl halides is 18. The molecule has 0 spiro atoms. The molecule has 2 rings (SSSR count). The zero-order valence-electron chi connectivity index (χ0n) is 24.3. The number of hydrogen-bond donors (Lipinski definition) is 2. The summed E-state index contributed by atoms with van der Waals surface area (Å²) in [5, 5.41) is 21.7. The van der Waals surface area contributed by atoms with Crippen molar-refractivity contribution in [2.45, 2.75) is 79.2 Å². The molecule has 7 nitrogen and oxygen atoms in total. The van der Waals surface area contributed by atoms with Crippen LogP contribution in [-0.4, -0.2) is 94.8 Å². The molecule has 1 fully saturated rings. The highest BCUT2D eigenvalue weighted by Crippen LogP contribution is 2.67. The molecule has 1 heterocycles. The molecule has 1 saturated heterocycles. The van der Waals surface area contributed by atoms with Gasteiger partial charge in [-0.3, -0.25) is 9.59 Å². The van der Waals surface area contributed by atoms with Crippen LogP contribution in [0.5, 0.6) is 0 Å². The van der Waals surface area contributed by atoms with E-state index in [-0.39, 0.29) is 0 Å². The normalized spacial score (nSPS) is 26.4. The molecule has 0 radical (unpaired) electrons. The lowest BCUT2D eigenvalue weighted by Gasteiger charge is -2.57. The molecule has 0 aliphatic carbocycles. The Morgan fingerprint density at radius 3 is 1.16 bits per heavy atom. The van der Waals surface area contributed by atoms with Gasteiger partial charge in [0.05, 0.1) is 13.2 Å². The molecule has 1 unspecified atom stereocenters. The van der Waals surface area contributed by atoms with E-state index in [0.29, 0.717) is 38.1 Å². The van der Waals surface area contributed by atoms with Gasteiger partial charge in [0, 0.05) is 5.92 Å². The van der Waals surface area contributed by atoms with Gasteiger partial charge in [0.1, 0.15) is 11.8 Å². The number of carbonyl (C=O) groups is 2. The van der Waals surface area contributed by atoms with E-state index in [1.807, 2.05) is 0 Å². The van der Waals surface area contributed by atoms with Crippen molar-refractivity contribution in [3.05, 3.63) is 35.9 Å². The Hall–Kier alpha value is -3.22. The van der Waals surface area contributed by atoms with Gasteiger partial charge in [-0.05, 0) is 19.4 Å². The first-order valence-corrected chi connectivity index (χ1v) is 13.1. The molecule has 0 saturated carbocycles. The highest BCUT2D eigenvalue weighted by molar-refractivity contribution is 5.81. The molecule has 1 aliphatic heterocycles. The summed E-state index contributed by atoms with van der Waals surface area (Å²) in [4.78, 5) is 26.0. The average molecular weight is 774 g/mol. The molecule has 0 aromatic heterocycles. The fourth-order valence-corrected chi connectivity index (χ4v) is 4.90. The van der Waals surface area contributed by atoms with Crippen molar-refractivity contribution in [1.82, 2.24) is 0 Å². The number of carbonyl (C=O) groups excluding carboxylic acids is 2. The Labute approximate surface area is 266 Å². The second kappa shape index (κ2) is 12.8. The van der Waals surface area contributed by atoms with Crippen LogP contribution in [0.25, 0.3) is 0 Å². The highest BCUT2D eigenvalue weighted by atomic mass is 19.4. The summed E-state index contributed by atoms with van der Waals surface area (Å²) < 4.78 is 267. The average Bonchev–Trinajstić information content (AvgIpc) is 2.95. The molecule has 288 valence electrons. The van der Waals surface area contributed by atoms with Crippen LogP contribution in [0, 0.1) is 11.8 Å². The quantitative estimate of drug-likeness (QED) is 0.196. The van der Waals surface area contributed by atoms with Crippen LogP contribution < -0.4 is 0 Å². The number of benzene rings is 1. The van der Waals surface area contributed by atoms with Crippen molar-refractivity contribution in [2.24, 2.45) is 11.8 Å². The summed E-state index contributed by atoms with van der Waals surface area (Å²) in [6.45, 7) is -0.992. The van der Waals surface area contributed by atoms with Crippen LogP contribution in [0.4, 0.5) is 79.0 Å². The van der Waals surface area contributed by atoms with Crippen LogP contribution in [0.1, 0.15) is 25.3 Å². The number of aliphatic hydroxyl groups is 2. The van der Waals surface area contributed by atoms with Crippen LogP contribution in [0.3, 0.4) is 0 Å². The zero-order valence-corrected chi connectivity index (χ0v) is 24.3. The molecule has 1 aliphatic rings. The molecule has 0 amide bonds. The van der Waals surface area contributed by atoms with Gasteiger partial charge < -0.3 is 24.4 Å². The van der Waals surface area contributed by atoms with E-state index in [4.69, 9.17) is 0 Å². The minimum Gasteiger partial charge on any atom is -0.466 e. The summed E-state index contributed by atoms with van der Waals surface area (Å²) in [5.74, 6) is -80.5. The van der Waals surface area contributed by atoms with Gasteiger partial charge in [-0.2, -0.15) is 79.0 Å². The van der Waals surface area contributed by atoms with E-state index >= 15 is 17.6 Å². The van der Waals surface area contributed by atoms with Gasteiger partial charge in [0.2, 0.25) is 0 Å². The van der Waals surface area contributed by atoms with E-state index in [2.05, 4.69) is 14.2 Å². The highest BCUT2D eigenvalue weighted by Gasteiger charge is 2.94. The number of hydrogen-bond acceptors (Lipinski definition) is 7. The van der Waals surface area contributed by atoms with Gasteiger partial charge >= 0.3 is 59.8 Å². The topological polar surface area (TPSA) is 102 Å². The molecule has 2 N–H and O–H groups in total. The van der Waals surface area contributed by atoms with Crippen molar-refractivity contribution >= 4 is 11.9 Å².